The van der Waals surface area contributed by atoms with Crippen molar-refractivity contribution in [2.24, 2.45) is 5.16 Å². The summed E-state index contributed by atoms with van der Waals surface area (Å²) in [6.45, 7) is 17.0. The van der Waals surface area contributed by atoms with Crippen molar-refractivity contribution >= 4 is 40.4 Å². The number of anilines is 1. The molecule has 1 atom stereocenters. The van der Waals surface area contributed by atoms with Gasteiger partial charge in [-0.1, -0.05) is 81.0 Å². The number of fused-ring (bicyclic) bond motifs is 1. The molecule has 70 heavy (non-hydrogen) atoms. The third kappa shape index (κ3) is 16.2. The molecule has 1 fully saturated rings. The Kier molecular flexibility index (Phi) is 20.4. The zero-order chi connectivity index (χ0) is 49.9. The lowest BCUT2D eigenvalue weighted by Crippen LogP contribution is -2.34. The molecule has 2 heterocycles. The van der Waals surface area contributed by atoms with Crippen LogP contribution in [0.25, 0.3) is 0 Å². The predicted molar refractivity (Wildman–Crippen MR) is 269 cm³/mol. The van der Waals surface area contributed by atoms with Crippen LogP contribution in [0, 0.1) is 6.92 Å². The van der Waals surface area contributed by atoms with Gasteiger partial charge in [-0.25, -0.2) is 4.79 Å². The van der Waals surface area contributed by atoms with Gasteiger partial charge in [-0.2, -0.15) is 4.98 Å². The average molecular weight is 985 g/mol. The number of hydrogen-bond donors (Lipinski definition) is 2. The summed E-state index contributed by atoms with van der Waals surface area (Å²) in [6.07, 6.45) is 2.69. The lowest BCUT2D eigenvalue weighted by atomic mass is 9.62. The SMILES string of the molecule is Cc1cc2c(cc1/C(=N\OCCOCCOCCOCCOCCOCCOc1cccc(N(C)CCOc3ccc(CC4SC(=O)NC4=O)cc3)n1)c1ccc(C(=O)O)cc1)C(C)(C)CCC2(C)C. The highest BCUT2D eigenvalue weighted by Crippen LogP contribution is 2.46. The van der Waals surface area contributed by atoms with Crippen LogP contribution in [0.15, 0.2) is 84.0 Å². The standard InChI is InChI=1S/C53H68N4O12S/c1-37-34-43-44(53(4,5)19-18-52(43,2)3)36-42(37)48(39-12-14-40(15-13-39)50(59)60)56-69-33-31-66-29-27-64-25-23-62-22-24-63-26-28-65-30-32-68-47-9-7-8-46(54-47)57(6)20-21-67-41-16-10-38(11-17-41)35-45-49(58)55-51(61)70-45/h7-17,34,36,45H,18-33,35H2,1-6H3,(H,59,60)(H,55,58,61)/b56-48-. The van der Waals surface area contributed by atoms with Gasteiger partial charge in [0.05, 0.1) is 83.4 Å². The van der Waals surface area contributed by atoms with E-state index >= 15 is 0 Å². The quantitative estimate of drug-likeness (QED) is 0.0293. The summed E-state index contributed by atoms with van der Waals surface area (Å²) < 4.78 is 39.9. The average Bonchev–Trinajstić information content (AvgIpc) is 3.66. The van der Waals surface area contributed by atoms with Crippen LogP contribution in [0.1, 0.15) is 84.3 Å². The Morgan fingerprint density at radius 2 is 1.29 bits per heavy atom. The monoisotopic (exact) mass is 984 g/mol. The Morgan fingerprint density at radius 1 is 0.729 bits per heavy atom. The van der Waals surface area contributed by atoms with Gasteiger partial charge >= 0.3 is 5.97 Å². The van der Waals surface area contributed by atoms with Crippen molar-refractivity contribution in [1.29, 1.82) is 0 Å². The van der Waals surface area contributed by atoms with Crippen LogP contribution in [0.2, 0.25) is 0 Å². The molecule has 378 valence electrons. The van der Waals surface area contributed by atoms with Gasteiger partial charge in [0.15, 0.2) is 0 Å². The molecule has 0 radical (unpaired) electrons. The number of hydrogen-bond acceptors (Lipinski definition) is 15. The summed E-state index contributed by atoms with van der Waals surface area (Å²) >= 11 is 1.02. The minimum atomic E-state index is -0.980. The highest BCUT2D eigenvalue weighted by atomic mass is 32.2. The molecule has 0 saturated carbocycles. The summed E-state index contributed by atoms with van der Waals surface area (Å²) in [4.78, 5) is 47.2. The fourth-order valence-electron chi connectivity index (χ4n) is 7.97. The maximum Gasteiger partial charge on any atom is 0.335 e. The van der Waals surface area contributed by atoms with Crippen molar-refractivity contribution in [2.45, 2.75) is 70.0 Å². The number of carboxylic acids is 1. The first-order valence-electron chi connectivity index (χ1n) is 23.8. The Morgan fingerprint density at radius 3 is 1.86 bits per heavy atom. The number of aryl methyl sites for hydroxylation is 1. The first kappa shape index (κ1) is 53.8. The van der Waals surface area contributed by atoms with Crippen molar-refractivity contribution in [3.05, 3.63) is 118 Å². The second-order valence-corrected chi connectivity index (χ2v) is 19.6. The minimum absolute atomic E-state index is 0.00854. The maximum atomic E-state index is 11.8. The number of amides is 2. The predicted octanol–water partition coefficient (Wildman–Crippen LogP) is 7.78. The van der Waals surface area contributed by atoms with Gasteiger partial charge in [0.2, 0.25) is 11.8 Å². The number of rotatable bonds is 30. The van der Waals surface area contributed by atoms with Crippen LogP contribution in [0.5, 0.6) is 11.6 Å². The summed E-state index contributed by atoms with van der Waals surface area (Å²) in [7, 11) is 1.93. The van der Waals surface area contributed by atoms with Crippen LogP contribution in [0.4, 0.5) is 10.6 Å². The molecule has 17 heteroatoms. The highest BCUT2D eigenvalue weighted by Gasteiger charge is 2.38. The number of pyridine rings is 1. The molecule has 3 aromatic carbocycles. The number of carbonyl (C=O) groups is 3. The number of nitrogens with zero attached hydrogens (tertiary/aromatic N) is 3. The summed E-state index contributed by atoms with van der Waals surface area (Å²) in [5.41, 5.74) is 7.39. The number of carbonyl (C=O) groups excluding carboxylic acids is 2. The van der Waals surface area contributed by atoms with Gasteiger partial charge in [0.1, 0.15) is 37.1 Å². The van der Waals surface area contributed by atoms with Gasteiger partial charge < -0.3 is 48.0 Å². The van der Waals surface area contributed by atoms with Crippen LogP contribution in [0.3, 0.4) is 0 Å². The van der Waals surface area contributed by atoms with Crippen molar-refractivity contribution in [1.82, 2.24) is 10.3 Å². The molecule has 1 aliphatic heterocycles. The number of aromatic carboxylic acids is 1. The molecule has 1 aromatic heterocycles. The number of carboxylic acid groups (broad SMARTS) is 1. The number of benzene rings is 3. The molecule has 1 saturated heterocycles. The first-order valence-corrected chi connectivity index (χ1v) is 24.7. The van der Waals surface area contributed by atoms with E-state index in [1.165, 1.54) is 11.1 Å². The molecular weight excluding hydrogens is 917 g/mol. The van der Waals surface area contributed by atoms with Gasteiger partial charge in [-0.15, -0.1) is 0 Å². The second kappa shape index (κ2) is 26.6. The van der Waals surface area contributed by atoms with Gasteiger partial charge in [-0.3, -0.25) is 14.9 Å². The fourth-order valence-corrected chi connectivity index (χ4v) is 8.83. The smallest absolute Gasteiger partial charge is 0.335 e. The largest absolute Gasteiger partial charge is 0.492 e. The second-order valence-electron chi connectivity index (χ2n) is 18.4. The number of oxime groups is 1. The Balaban J connectivity index is 0.764. The molecule has 2 N–H and O–H groups in total. The van der Waals surface area contributed by atoms with Crippen molar-refractivity contribution in [3.8, 4) is 11.6 Å². The van der Waals surface area contributed by atoms with E-state index in [9.17, 15) is 19.5 Å². The molecule has 4 aromatic rings. The lowest BCUT2D eigenvalue weighted by Gasteiger charge is -2.42. The number of imide groups is 1. The van der Waals surface area contributed by atoms with Crippen LogP contribution in [-0.4, -0.2) is 138 Å². The molecule has 0 spiro atoms. The van der Waals surface area contributed by atoms with E-state index in [1.54, 1.807) is 30.3 Å². The van der Waals surface area contributed by atoms with E-state index in [2.05, 4.69) is 62.2 Å². The van der Waals surface area contributed by atoms with Gasteiger partial charge in [-0.05, 0) is 95.7 Å². The number of likely N-dealkylation sites (N-methyl/N-ethyl adjacent to an activating group) is 1. The minimum Gasteiger partial charge on any atom is -0.492 e. The summed E-state index contributed by atoms with van der Waals surface area (Å²) in [5.74, 6) is 0.745. The summed E-state index contributed by atoms with van der Waals surface area (Å²) in [5, 5.41) is 15.7. The van der Waals surface area contributed by atoms with Gasteiger partial charge in [0, 0.05) is 24.2 Å². The number of ether oxygens (including phenoxy) is 7. The Bertz CT molecular complexity index is 2360. The molecule has 6 rings (SSSR count). The number of thioether (sulfide) groups is 1. The summed E-state index contributed by atoms with van der Waals surface area (Å²) in [6, 6.07) is 24.4. The van der Waals surface area contributed by atoms with Crippen LogP contribution < -0.4 is 19.7 Å². The molecule has 16 nitrogen and oxygen atoms in total. The van der Waals surface area contributed by atoms with Crippen molar-refractivity contribution < 1.29 is 57.5 Å². The van der Waals surface area contributed by atoms with E-state index < -0.39 is 11.2 Å². The van der Waals surface area contributed by atoms with Crippen molar-refractivity contribution in [2.75, 3.05) is 104 Å². The van der Waals surface area contributed by atoms with E-state index in [4.69, 9.17) is 38.0 Å². The lowest BCUT2D eigenvalue weighted by molar-refractivity contribution is -0.118. The maximum absolute atomic E-state index is 11.8. The highest BCUT2D eigenvalue weighted by molar-refractivity contribution is 8.15. The van der Waals surface area contributed by atoms with E-state index in [-0.39, 0.29) is 34.1 Å². The number of nitrogens with one attached hydrogen (secondary N) is 1. The zero-order valence-electron chi connectivity index (χ0n) is 41.3. The topological polar surface area (TPSA) is 186 Å². The normalized spacial score (nSPS) is 16.1. The zero-order valence-corrected chi connectivity index (χ0v) is 42.1. The fraction of sp³-hybridized carbons (Fsp3) is 0.491. The molecule has 2 amide bonds. The van der Waals surface area contributed by atoms with E-state index in [1.807, 2.05) is 48.3 Å². The third-order valence-electron chi connectivity index (χ3n) is 12.2. The third-order valence-corrected chi connectivity index (χ3v) is 13.2. The molecule has 2 aliphatic rings. The van der Waals surface area contributed by atoms with Crippen molar-refractivity contribution in [3.63, 3.8) is 0 Å². The molecular formula is C53H68N4O12S. The molecule has 1 unspecified atom stereocenters. The van der Waals surface area contributed by atoms with E-state index in [0.29, 0.717) is 104 Å². The molecule has 1 aliphatic carbocycles. The van der Waals surface area contributed by atoms with Gasteiger partial charge in [0.25, 0.3) is 5.24 Å². The van der Waals surface area contributed by atoms with E-state index in [0.717, 1.165) is 58.4 Å². The Hall–Kier alpha value is -5.56. The molecule has 0 bridgehead atoms. The Labute approximate surface area is 415 Å². The van der Waals surface area contributed by atoms with Crippen LogP contribution >= 0.6 is 11.8 Å². The number of aromatic nitrogens is 1. The first-order chi connectivity index (χ1) is 33.7. The van der Waals surface area contributed by atoms with Crippen LogP contribution in [-0.2, 0) is 50.6 Å².